The minimum Gasteiger partial charge on any atom is -0.382 e. The number of pyridine rings is 1. The Hall–Kier alpha value is -2.16. The van der Waals surface area contributed by atoms with Crippen molar-refractivity contribution in [3.05, 3.63) is 53.7 Å². The topological polar surface area (TPSA) is 62.8 Å². The maximum atomic E-state index is 7.35. The summed E-state index contributed by atoms with van der Waals surface area (Å²) in [5.74, 6) is -0.00509. The minimum atomic E-state index is -0.00509. The van der Waals surface area contributed by atoms with Gasteiger partial charge in [0.15, 0.2) is 0 Å². The van der Waals surface area contributed by atoms with Gasteiger partial charge < -0.3 is 5.73 Å². The van der Waals surface area contributed by atoms with E-state index in [0.29, 0.717) is 5.69 Å². The lowest BCUT2D eigenvalue weighted by atomic mass is 10.1. The average Bonchev–Trinajstić information content (AvgIpc) is 2.29. The maximum Gasteiger partial charge on any atom is 0.141 e. The summed E-state index contributed by atoms with van der Waals surface area (Å²) in [6.45, 7) is 2.04. The van der Waals surface area contributed by atoms with Crippen LogP contribution >= 0.6 is 0 Å². The van der Waals surface area contributed by atoms with Crippen molar-refractivity contribution < 1.29 is 0 Å². The summed E-state index contributed by atoms with van der Waals surface area (Å²) in [6.07, 6.45) is 0. The average molecular weight is 211 g/mol. The van der Waals surface area contributed by atoms with Crippen LogP contribution in [0, 0.1) is 12.3 Å². The van der Waals surface area contributed by atoms with Crippen molar-refractivity contribution >= 4 is 5.84 Å². The molecule has 0 aliphatic carbocycles. The number of hydrogen-bond donors (Lipinski definition) is 2. The van der Waals surface area contributed by atoms with Gasteiger partial charge in [-0.2, -0.15) is 0 Å². The van der Waals surface area contributed by atoms with Gasteiger partial charge in [-0.05, 0) is 25.1 Å². The number of amidine groups is 1. The second-order valence-corrected chi connectivity index (χ2v) is 3.69. The molecule has 3 nitrogen and oxygen atoms in total. The Morgan fingerprint density at radius 2 is 1.94 bits per heavy atom. The monoisotopic (exact) mass is 211 g/mol. The van der Waals surface area contributed by atoms with Crippen LogP contribution in [0.1, 0.15) is 11.3 Å². The largest absolute Gasteiger partial charge is 0.382 e. The van der Waals surface area contributed by atoms with Crippen LogP contribution in [0.15, 0.2) is 42.5 Å². The van der Waals surface area contributed by atoms with Gasteiger partial charge in [-0.15, -0.1) is 0 Å². The van der Waals surface area contributed by atoms with E-state index in [1.54, 1.807) is 6.07 Å². The van der Waals surface area contributed by atoms with Crippen LogP contribution in [0.25, 0.3) is 11.3 Å². The van der Waals surface area contributed by atoms with Gasteiger partial charge in [0.1, 0.15) is 11.5 Å². The van der Waals surface area contributed by atoms with E-state index in [4.69, 9.17) is 11.1 Å². The molecule has 0 amide bonds. The fraction of sp³-hybridized carbons (Fsp3) is 0.0769. The number of nitrogens with one attached hydrogen (secondary N) is 1. The third-order valence-electron chi connectivity index (χ3n) is 2.34. The van der Waals surface area contributed by atoms with E-state index in [0.717, 1.165) is 11.3 Å². The van der Waals surface area contributed by atoms with Gasteiger partial charge in [-0.3, -0.25) is 5.41 Å². The number of benzene rings is 1. The van der Waals surface area contributed by atoms with E-state index >= 15 is 0 Å². The van der Waals surface area contributed by atoms with Crippen LogP contribution < -0.4 is 5.73 Å². The van der Waals surface area contributed by atoms with Gasteiger partial charge in [0.05, 0.1) is 5.69 Å². The normalized spacial score (nSPS) is 10.1. The summed E-state index contributed by atoms with van der Waals surface area (Å²) in [7, 11) is 0. The lowest BCUT2D eigenvalue weighted by molar-refractivity contribution is 1.25. The van der Waals surface area contributed by atoms with Crippen LogP contribution in [-0.4, -0.2) is 10.8 Å². The summed E-state index contributed by atoms with van der Waals surface area (Å²) >= 11 is 0. The Balaban J connectivity index is 2.48. The molecule has 0 aliphatic heterocycles. The molecule has 16 heavy (non-hydrogen) atoms. The van der Waals surface area contributed by atoms with Crippen molar-refractivity contribution in [1.82, 2.24) is 4.98 Å². The minimum absolute atomic E-state index is 0.00509. The van der Waals surface area contributed by atoms with Gasteiger partial charge in [0.25, 0.3) is 0 Å². The molecule has 3 heteroatoms. The number of aryl methyl sites for hydroxylation is 1. The zero-order valence-corrected chi connectivity index (χ0v) is 9.07. The number of rotatable bonds is 2. The lowest BCUT2D eigenvalue weighted by Gasteiger charge is -2.04. The molecule has 0 bridgehead atoms. The molecule has 2 rings (SSSR count). The summed E-state index contributed by atoms with van der Waals surface area (Å²) in [5, 5.41) is 7.35. The van der Waals surface area contributed by atoms with Crippen molar-refractivity contribution in [3.8, 4) is 11.3 Å². The molecule has 0 saturated carbocycles. The molecule has 80 valence electrons. The Morgan fingerprint density at radius 3 is 2.62 bits per heavy atom. The number of nitrogens with two attached hydrogens (primary N) is 1. The Bertz CT molecular complexity index is 532. The molecule has 0 atom stereocenters. The highest BCUT2D eigenvalue weighted by molar-refractivity contribution is 5.93. The highest BCUT2D eigenvalue weighted by Gasteiger charge is 2.02. The maximum absolute atomic E-state index is 7.35. The molecular formula is C13H13N3. The van der Waals surface area contributed by atoms with Crippen LogP contribution in [-0.2, 0) is 0 Å². The van der Waals surface area contributed by atoms with E-state index in [1.807, 2.05) is 37.3 Å². The summed E-state index contributed by atoms with van der Waals surface area (Å²) in [4.78, 5) is 4.33. The third kappa shape index (κ3) is 2.08. The molecule has 1 aromatic carbocycles. The van der Waals surface area contributed by atoms with E-state index in [9.17, 15) is 0 Å². The van der Waals surface area contributed by atoms with E-state index in [-0.39, 0.29) is 5.84 Å². The zero-order chi connectivity index (χ0) is 11.5. The van der Waals surface area contributed by atoms with Gasteiger partial charge in [-0.1, -0.05) is 29.8 Å². The highest BCUT2D eigenvalue weighted by atomic mass is 14.8. The smallest absolute Gasteiger partial charge is 0.141 e. The van der Waals surface area contributed by atoms with E-state index in [1.165, 1.54) is 5.56 Å². The first-order valence-electron chi connectivity index (χ1n) is 5.05. The molecule has 1 heterocycles. The predicted octanol–water partition coefficient (Wildman–Crippen LogP) is 2.34. The first-order valence-corrected chi connectivity index (χ1v) is 5.05. The van der Waals surface area contributed by atoms with E-state index in [2.05, 4.69) is 11.1 Å². The standard InChI is InChI=1S/C13H13N3/c1-9-4-2-5-10(8-9)11-6-3-7-12(16-11)13(14)15/h2-8H,1H3,(H3,14,15). The fourth-order valence-corrected chi connectivity index (χ4v) is 1.55. The quantitative estimate of drug-likeness (QED) is 0.591. The highest BCUT2D eigenvalue weighted by Crippen LogP contribution is 2.18. The summed E-state index contributed by atoms with van der Waals surface area (Å²) < 4.78 is 0. The second-order valence-electron chi connectivity index (χ2n) is 3.69. The number of hydrogen-bond acceptors (Lipinski definition) is 2. The van der Waals surface area contributed by atoms with Crippen molar-refractivity contribution in [2.75, 3.05) is 0 Å². The van der Waals surface area contributed by atoms with Crippen LogP contribution in [0.4, 0.5) is 0 Å². The summed E-state index contributed by atoms with van der Waals surface area (Å²) in [6, 6.07) is 13.6. The first kappa shape index (κ1) is 10.4. The molecule has 2 aromatic rings. The van der Waals surface area contributed by atoms with Gasteiger partial charge >= 0.3 is 0 Å². The van der Waals surface area contributed by atoms with Crippen LogP contribution in [0.5, 0.6) is 0 Å². The van der Waals surface area contributed by atoms with E-state index < -0.39 is 0 Å². The molecule has 1 aromatic heterocycles. The zero-order valence-electron chi connectivity index (χ0n) is 9.07. The molecule has 0 spiro atoms. The van der Waals surface area contributed by atoms with Gasteiger partial charge in [0, 0.05) is 5.56 Å². The number of nitrogens with zero attached hydrogens (tertiary/aromatic N) is 1. The van der Waals surface area contributed by atoms with Crippen molar-refractivity contribution in [3.63, 3.8) is 0 Å². The van der Waals surface area contributed by atoms with Gasteiger partial charge in [0.2, 0.25) is 0 Å². The molecule has 0 unspecified atom stereocenters. The molecule has 0 fully saturated rings. The van der Waals surface area contributed by atoms with Crippen molar-refractivity contribution in [2.24, 2.45) is 5.73 Å². The molecule has 3 N–H and O–H groups in total. The Morgan fingerprint density at radius 1 is 1.19 bits per heavy atom. The second kappa shape index (κ2) is 4.14. The van der Waals surface area contributed by atoms with Gasteiger partial charge in [-0.25, -0.2) is 4.98 Å². The number of nitrogen functional groups attached to an aromatic ring is 1. The molecule has 0 saturated heterocycles. The van der Waals surface area contributed by atoms with Crippen LogP contribution in [0.2, 0.25) is 0 Å². The number of aromatic nitrogens is 1. The van der Waals surface area contributed by atoms with Crippen LogP contribution in [0.3, 0.4) is 0 Å². The lowest BCUT2D eigenvalue weighted by Crippen LogP contribution is -2.13. The third-order valence-corrected chi connectivity index (χ3v) is 2.34. The Kier molecular flexibility index (Phi) is 2.68. The fourth-order valence-electron chi connectivity index (χ4n) is 1.55. The summed E-state index contributed by atoms with van der Waals surface area (Å²) in [5.41, 5.74) is 9.00. The van der Waals surface area contributed by atoms with Crippen molar-refractivity contribution in [1.29, 1.82) is 5.41 Å². The first-order chi connectivity index (χ1) is 7.66. The SMILES string of the molecule is Cc1cccc(-c2cccc(C(=N)N)n2)c1. The predicted molar refractivity (Wildman–Crippen MR) is 65.4 cm³/mol. The van der Waals surface area contributed by atoms with Crippen molar-refractivity contribution in [2.45, 2.75) is 6.92 Å². The molecular weight excluding hydrogens is 198 g/mol. The molecule has 0 aliphatic rings. The molecule has 0 radical (unpaired) electrons. The Labute approximate surface area is 94.5 Å².